The Labute approximate surface area is 129 Å². The van der Waals surface area contributed by atoms with Crippen molar-refractivity contribution in [3.05, 3.63) is 29.8 Å². The van der Waals surface area contributed by atoms with Crippen molar-refractivity contribution in [1.29, 1.82) is 0 Å². The summed E-state index contributed by atoms with van der Waals surface area (Å²) < 4.78 is 10.1. The minimum atomic E-state index is -0.455. The summed E-state index contributed by atoms with van der Waals surface area (Å²) in [7, 11) is 1.32. The Morgan fingerprint density at radius 2 is 2.00 bits per heavy atom. The van der Waals surface area contributed by atoms with Crippen molar-refractivity contribution in [1.82, 2.24) is 0 Å². The number of benzene rings is 1. The lowest BCUT2D eigenvalue weighted by atomic mass is 10.1. The second-order valence-corrected chi connectivity index (χ2v) is 4.62. The van der Waals surface area contributed by atoms with Crippen molar-refractivity contribution < 1.29 is 19.1 Å². The Kier molecular flexibility index (Phi) is 6.61. The quantitative estimate of drug-likeness (QED) is 0.818. The van der Waals surface area contributed by atoms with Gasteiger partial charge in [0.25, 0.3) is 5.91 Å². The number of hydrogen-bond acceptors (Lipinski definition) is 5. The van der Waals surface area contributed by atoms with Gasteiger partial charge in [0.05, 0.1) is 18.8 Å². The molecule has 2 rings (SSSR count). The van der Waals surface area contributed by atoms with Gasteiger partial charge in [0.2, 0.25) is 0 Å². The molecular weight excluding hydrogens is 296 g/mol. The highest BCUT2D eigenvalue weighted by Crippen LogP contribution is 2.20. The molecule has 1 aliphatic rings. The summed E-state index contributed by atoms with van der Waals surface area (Å²) in [5.74, 6) is -0.598. The highest BCUT2D eigenvalue weighted by Gasteiger charge is 2.29. The van der Waals surface area contributed by atoms with Crippen LogP contribution in [0, 0.1) is 0 Å². The van der Waals surface area contributed by atoms with Crippen molar-refractivity contribution in [2.45, 2.75) is 25.0 Å². The van der Waals surface area contributed by atoms with Crippen LogP contribution < -0.4 is 11.1 Å². The predicted molar refractivity (Wildman–Crippen MR) is 80.6 cm³/mol. The maximum absolute atomic E-state index is 12.0. The number of nitrogens with two attached hydrogens (primary N) is 1. The molecule has 1 heterocycles. The van der Waals surface area contributed by atoms with E-state index in [0.717, 1.165) is 6.42 Å². The Bertz CT molecular complexity index is 492. The Morgan fingerprint density at radius 3 is 2.52 bits per heavy atom. The Hall–Kier alpha value is -1.63. The van der Waals surface area contributed by atoms with Crippen molar-refractivity contribution in [2.24, 2.45) is 5.73 Å². The van der Waals surface area contributed by atoms with Gasteiger partial charge in [-0.25, -0.2) is 4.79 Å². The lowest BCUT2D eigenvalue weighted by Gasteiger charge is -2.12. The molecule has 1 aromatic carbocycles. The van der Waals surface area contributed by atoms with Crippen LogP contribution in [0.4, 0.5) is 5.69 Å². The van der Waals surface area contributed by atoms with E-state index < -0.39 is 12.1 Å². The van der Waals surface area contributed by atoms with Gasteiger partial charge >= 0.3 is 5.97 Å². The molecule has 116 valence electrons. The molecule has 1 aliphatic heterocycles. The van der Waals surface area contributed by atoms with Gasteiger partial charge in [-0.1, -0.05) is 0 Å². The third-order valence-corrected chi connectivity index (χ3v) is 3.24. The van der Waals surface area contributed by atoms with E-state index in [-0.39, 0.29) is 24.4 Å². The zero-order valence-electron chi connectivity index (χ0n) is 11.7. The molecule has 0 saturated carbocycles. The van der Waals surface area contributed by atoms with Gasteiger partial charge in [-0.3, -0.25) is 4.79 Å². The lowest BCUT2D eigenvalue weighted by Crippen LogP contribution is -2.29. The molecule has 1 aromatic rings. The zero-order chi connectivity index (χ0) is 14.5. The summed E-state index contributed by atoms with van der Waals surface area (Å²) in [6.45, 7) is 0.428. The molecule has 1 amide bonds. The molecule has 0 unspecified atom stereocenters. The van der Waals surface area contributed by atoms with E-state index in [2.05, 4.69) is 10.1 Å². The van der Waals surface area contributed by atoms with Gasteiger partial charge in [0, 0.05) is 12.2 Å². The van der Waals surface area contributed by atoms with Gasteiger partial charge in [0.1, 0.15) is 6.10 Å². The van der Waals surface area contributed by atoms with E-state index in [9.17, 15) is 9.59 Å². The molecule has 7 heteroatoms. The first-order valence-electron chi connectivity index (χ1n) is 6.49. The highest BCUT2D eigenvalue weighted by molar-refractivity contribution is 5.95. The Balaban J connectivity index is 0.00000220. The number of ether oxygens (including phenoxy) is 2. The predicted octanol–water partition coefficient (Wildman–Crippen LogP) is 1.34. The molecule has 0 radical (unpaired) electrons. The first kappa shape index (κ1) is 17.4. The topological polar surface area (TPSA) is 90.7 Å². The number of methoxy groups -OCH3 is 1. The summed E-state index contributed by atoms with van der Waals surface area (Å²) in [6.07, 6.45) is 0.986. The fraction of sp³-hybridized carbons (Fsp3) is 0.429. The molecular formula is C14H19ClN2O4. The maximum atomic E-state index is 12.0. The standard InChI is InChI=1S/C14H18N2O4.ClH/c1-19-14(18)9-2-4-10(5-3-9)16-13(17)12-7-6-11(8-15)20-12;/h2-5,11-12H,6-8,15H2,1H3,(H,16,17);1H/t11-,12+;/m1./s1. The summed E-state index contributed by atoms with van der Waals surface area (Å²) in [5, 5.41) is 2.76. The normalized spacial score (nSPS) is 20.5. The molecule has 1 fully saturated rings. The van der Waals surface area contributed by atoms with Crippen LogP contribution in [0.2, 0.25) is 0 Å². The second-order valence-electron chi connectivity index (χ2n) is 4.62. The number of halogens is 1. The summed E-state index contributed by atoms with van der Waals surface area (Å²) in [5.41, 5.74) is 6.56. The largest absolute Gasteiger partial charge is 0.465 e. The van der Waals surface area contributed by atoms with Gasteiger partial charge in [-0.05, 0) is 37.1 Å². The molecule has 0 bridgehead atoms. The average molecular weight is 315 g/mol. The van der Waals surface area contributed by atoms with Crippen LogP contribution >= 0.6 is 12.4 Å². The van der Waals surface area contributed by atoms with Gasteiger partial charge < -0.3 is 20.5 Å². The molecule has 2 atom stereocenters. The molecule has 0 aromatic heterocycles. The van der Waals surface area contributed by atoms with Gasteiger partial charge in [-0.15, -0.1) is 12.4 Å². The number of rotatable bonds is 4. The van der Waals surface area contributed by atoms with Crippen LogP contribution in [0.15, 0.2) is 24.3 Å². The number of esters is 1. The van der Waals surface area contributed by atoms with E-state index >= 15 is 0 Å². The number of anilines is 1. The van der Waals surface area contributed by atoms with E-state index in [1.807, 2.05) is 0 Å². The first-order valence-corrected chi connectivity index (χ1v) is 6.49. The minimum Gasteiger partial charge on any atom is -0.465 e. The average Bonchev–Trinajstić information content (AvgIpc) is 2.96. The van der Waals surface area contributed by atoms with E-state index in [4.69, 9.17) is 10.5 Å². The van der Waals surface area contributed by atoms with Crippen LogP contribution in [0.1, 0.15) is 23.2 Å². The number of carbonyl (C=O) groups is 2. The molecule has 3 N–H and O–H groups in total. The van der Waals surface area contributed by atoms with E-state index in [1.54, 1.807) is 24.3 Å². The van der Waals surface area contributed by atoms with Gasteiger partial charge in [0.15, 0.2) is 0 Å². The number of hydrogen-bond donors (Lipinski definition) is 2. The molecule has 21 heavy (non-hydrogen) atoms. The molecule has 0 aliphatic carbocycles. The van der Waals surface area contributed by atoms with Crippen LogP contribution in [0.5, 0.6) is 0 Å². The number of amides is 1. The van der Waals surface area contributed by atoms with Crippen molar-refractivity contribution in [2.75, 3.05) is 19.0 Å². The molecule has 1 saturated heterocycles. The van der Waals surface area contributed by atoms with Crippen molar-refractivity contribution in [3.63, 3.8) is 0 Å². The Morgan fingerprint density at radius 1 is 1.33 bits per heavy atom. The first-order chi connectivity index (χ1) is 9.63. The van der Waals surface area contributed by atoms with Crippen LogP contribution in [-0.2, 0) is 14.3 Å². The fourth-order valence-electron chi connectivity index (χ4n) is 2.10. The smallest absolute Gasteiger partial charge is 0.337 e. The molecule has 6 nitrogen and oxygen atoms in total. The van der Waals surface area contributed by atoms with Crippen LogP contribution in [-0.4, -0.2) is 37.7 Å². The third kappa shape index (κ3) is 4.42. The second kappa shape index (κ2) is 7.97. The van der Waals surface area contributed by atoms with E-state index in [0.29, 0.717) is 24.2 Å². The van der Waals surface area contributed by atoms with Crippen LogP contribution in [0.3, 0.4) is 0 Å². The van der Waals surface area contributed by atoms with Crippen molar-refractivity contribution in [3.8, 4) is 0 Å². The third-order valence-electron chi connectivity index (χ3n) is 3.24. The summed E-state index contributed by atoms with van der Waals surface area (Å²) in [6, 6.07) is 6.50. The van der Waals surface area contributed by atoms with Gasteiger partial charge in [-0.2, -0.15) is 0 Å². The van der Waals surface area contributed by atoms with E-state index in [1.165, 1.54) is 7.11 Å². The fourth-order valence-corrected chi connectivity index (χ4v) is 2.10. The number of carbonyl (C=O) groups excluding carboxylic acids is 2. The maximum Gasteiger partial charge on any atom is 0.337 e. The monoisotopic (exact) mass is 314 g/mol. The minimum absolute atomic E-state index is 0. The van der Waals surface area contributed by atoms with Crippen molar-refractivity contribution >= 4 is 30.0 Å². The number of nitrogens with one attached hydrogen (secondary N) is 1. The summed E-state index contributed by atoms with van der Waals surface area (Å²) >= 11 is 0. The summed E-state index contributed by atoms with van der Waals surface area (Å²) in [4.78, 5) is 23.3. The zero-order valence-corrected chi connectivity index (χ0v) is 12.5. The lowest BCUT2D eigenvalue weighted by molar-refractivity contribution is -0.126. The SMILES string of the molecule is COC(=O)c1ccc(NC(=O)[C@@H]2CC[C@H](CN)O2)cc1.Cl. The van der Waals surface area contributed by atoms with Crippen LogP contribution in [0.25, 0.3) is 0 Å². The molecule has 0 spiro atoms. The highest BCUT2D eigenvalue weighted by atomic mass is 35.5.